The third kappa shape index (κ3) is 3.17. The highest BCUT2D eigenvalue weighted by atomic mass is 79.9. The summed E-state index contributed by atoms with van der Waals surface area (Å²) in [5.74, 6) is -0.412. The van der Waals surface area contributed by atoms with Gasteiger partial charge in [-0.1, -0.05) is 11.6 Å². The Morgan fingerprint density at radius 1 is 1.27 bits per heavy atom. The number of ether oxygens (including phenoxy) is 1. The lowest BCUT2D eigenvalue weighted by Gasteiger charge is -2.21. The number of halogens is 2. The Labute approximate surface area is 163 Å². The fourth-order valence-corrected chi connectivity index (χ4v) is 3.61. The van der Waals surface area contributed by atoms with Crippen LogP contribution in [0, 0.1) is 0 Å². The topological polar surface area (TPSA) is 64.4 Å². The predicted octanol–water partition coefficient (Wildman–Crippen LogP) is 3.59. The largest absolute Gasteiger partial charge is 0.465 e. The van der Waals surface area contributed by atoms with Gasteiger partial charge < -0.3 is 14.2 Å². The summed E-state index contributed by atoms with van der Waals surface area (Å²) >= 11 is 9.73. The molecule has 136 valence electrons. The Hall–Kier alpha value is -2.12. The number of benzene rings is 1. The van der Waals surface area contributed by atoms with Crippen molar-refractivity contribution in [2.45, 2.75) is 13.5 Å². The van der Waals surface area contributed by atoms with E-state index in [-0.39, 0.29) is 18.6 Å². The number of rotatable bonds is 4. The van der Waals surface area contributed by atoms with Crippen LogP contribution in [0.3, 0.4) is 0 Å². The van der Waals surface area contributed by atoms with Crippen LogP contribution in [0.2, 0.25) is 5.02 Å². The Balaban J connectivity index is 2.52. The number of pyridine rings is 2. The molecule has 0 aliphatic rings. The molecule has 0 unspecified atom stereocenters. The van der Waals surface area contributed by atoms with Crippen molar-refractivity contribution in [3.63, 3.8) is 0 Å². The summed E-state index contributed by atoms with van der Waals surface area (Å²) in [6.45, 7) is 1.94. The molecule has 0 fully saturated rings. The van der Waals surface area contributed by atoms with Gasteiger partial charge in [0.15, 0.2) is 5.43 Å². The van der Waals surface area contributed by atoms with Crippen molar-refractivity contribution < 1.29 is 9.53 Å². The van der Waals surface area contributed by atoms with Gasteiger partial charge in [-0.2, -0.15) is 0 Å². The van der Waals surface area contributed by atoms with Gasteiger partial charge in [0.2, 0.25) is 0 Å². The van der Waals surface area contributed by atoms with Crippen LogP contribution in [0.1, 0.15) is 6.92 Å². The molecule has 2 aromatic heterocycles. The lowest BCUT2D eigenvalue weighted by Crippen LogP contribution is -2.21. The van der Waals surface area contributed by atoms with Crippen LogP contribution >= 0.6 is 27.5 Å². The number of fused-ring (bicyclic) bond motifs is 2. The first-order valence-electron chi connectivity index (χ1n) is 7.99. The zero-order valence-electron chi connectivity index (χ0n) is 14.5. The molecule has 6 nitrogen and oxygen atoms in total. The number of nitrogens with zero attached hydrogens (tertiary/aromatic N) is 3. The van der Waals surface area contributed by atoms with Gasteiger partial charge in [0.1, 0.15) is 16.8 Å². The monoisotopic (exact) mass is 437 g/mol. The molecule has 8 heteroatoms. The minimum atomic E-state index is -0.412. The van der Waals surface area contributed by atoms with E-state index in [0.29, 0.717) is 37.2 Å². The minimum Gasteiger partial charge on any atom is -0.465 e. The van der Waals surface area contributed by atoms with E-state index in [1.54, 1.807) is 35.8 Å². The second kappa shape index (κ2) is 7.25. The summed E-state index contributed by atoms with van der Waals surface area (Å²) in [4.78, 5) is 31.5. The van der Waals surface area contributed by atoms with Crippen LogP contribution in [-0.2, 0) is 16.1 Å². The molecular formula is C18H17BrClN3O3. The molecule has 3 rings (SSSR count). The summed E-state index contributed by atoms with van der Waals surface area (Å²) < 4.78 is 7.37. The first kappa shape index (κ1) is 18.7. The molecule has 0 amide bonds. The van der Waals surface area contributed by atoms with Crippen molar-refractivity contribution in [3.05, 3.63) is 44.1 Å². The molecule has 2 heterocycles. The molecule has 26 heavy (non-hydrogen) atoms. The van der Waals surface area contributed by atoms with E-state index >= 15 is 0 Å². The number of esters is 1. The number of hydrogen-bond donors (Lipinski definition) is 0. The van der Waals surface area contributed by atoms with E-state index in [4.69, 9.17) is 16.3 Å². The van der Waals surface area contributed by atoms with Gasteiger partial charge >= 0.3 is 5.97 Å². The quantitative estimate of drug-likeness (QED) is 0.354. The highest BCUT2D eigenvalue weighted by Gasteiger charge is 2.20. The van der Waals surface area contributed by atoms with Crippen LogP contribution < -0.4 is 10.3 Å². The fourth-order valence-electron chi connectivity index (χ4n) is 2.99. The van der Waals surface area contributed by atoms with Crippen molar-refractivity contribution >= 4 is 61.1 Å². The van der Waals surface area contributed by atoms with Gasteiger partial charge in [-0.25, -0.2) is 4.98 Å². The molecule has 0 bridgehead atoms. The Morgan fingerprint density at radius 2 is 1.96 bits per heavy atom. The summed E-state index contributed by atoms with van der Waals surface area (Å²) in [6.07, 6.45) is 0. The van der Waals surface area contributed by atoms with Crippen LogP contribution in [0.25, 0.3) is 21.9 Å². The van der Waals surface area contributed by atoms with Crippen LogP contribution in [0.4, 0.5) is 5.69 Å². The number of carbonyl (C=O) groups is 1. The molecule has 0 saturated heterocycles. The van der Waals surface area contributed by atoms with Crippen molar-refractivity contribution in [2.75, 3.05) is 25.6 Å². The molecule has 3 aromatic rings. The van der Waals surface area contributed by atoms with Crippen molar-refractivity contribution in [2.24, 2.45) is 0 Å². The van der Waals surface area contributed by atoms with Gasteiger partial charge in [-0.3, -0.25) is 9.59 Å². The van der Waals surface area contributed by atoms with Gasteiger partial charge in [0.25, 0.3) is 0 Å². The minimum absolute atomic E-state index is 0.0776. The zero-order valence-corrected chi connectivity index (χ0v) is 16.9. The van der Waals surface area contributed by atoms with E-state index in [1.165, 1.54) is 0 Å². The summed E-state index contributed by atoms with van der Waals surface area (Å²) in [5, 5.41) is 1.38. The molecule has 1 aromatic carbocycles. The molecule has 0 saturated carbocycles. The van der Waals surface area contributed by atoms with Crippen LogP contribution in [0.15, 0.2) is 33.7 Å². The van der Waals surface area contributed by atoms with E-state index in [9.17, 15) is 9.59 Å². The Kier molecular flexibility index (Phi) is 5.20. The summed E-state index contributed by atoms with van der Waals surface area (Å²) in [6, 6.07) is 6.76. The standard InChI is InChI=1S/C18H17BrClN3O3/c1-4-26-14(24)9-23-15-10(5-7-12(20)16(15)22(2)3)17(25)11-6-8-13(19)21-18(11)23/h5-8H,4,9H2,1-3H3. The predicted molar refractivity (Wildman–Crippen MR) is 107 cm³/mol. The SMILES string of the molecule is CCOC(=O)Cn1c2nc(Br)ccc2c(=O)c2ccc(Cl)c(N(C)C)c21. The molecule has 0 atom stereocenters. The van der Waals surface area contributed by atoms with E-state index in [2.05, 4.69) is 20.9 Å². The molecular weight excluding hydrogens is 422 g/mol. The van der Waals surface area contributed by atoms with Gasteiger partial charge in [-0.15, -0.1) is 0 Å². The number of aromatic nitrogens is 2. The maximum atomic E-state index is 13.0. The molecule has 0 aliphatic heterocycles. The normalized spacial score (nSPS) is 11.1. The first-order valence-corrected chi connectivity index (χ1v) is 9.16. The average molecular weight is 439 g/mol. The van der Waals surface area contributed by atoms with Gasteiger partial charge in [0, 0.05) is 19.5 Å². The van der Waals surface area contributed by atoms with Crippen molar-refractivity contribution in [1.82, 2.24) is 9.55 Å². The Morgan fingerprint density at radius 3 is 2.62 bits per heavy atom. The molecule has 0 N–H and O–H groups in total. The first-order chi connectivity index (χ1) is 12.3. The molecule has 0 radical (unpaired) electrons. The second-order valence-corrected chi connectivity index (χ2v) is 7.13. The fraction of sp³-hybridized carbons (Fsp3) is 0.278. The van der Waals surface area contributed by atoms with Gasteiger partial charge in [-0.05, 0) is 47.1 Å². The van der Waals surface area contributed by atoms with Crippen LogP contribution in [-0.4, -0.2) is 36.2 Å². The Bertz CT molecular complexity index is 1080. The highest BCUT2D eigenvalue weighted by Crippen LogP contribution is 2.34. The number of anilines is 1. The third-order valence-corrected chi connectivity index (χ3v) is 4.74. The maximum Gasteiger partial charge on any atom is 0.326 e. The smallest absolute Gasteiger partial charge is 0.326 e. The van der Waals surface area contributed by atoms with E-state index in [1.807, 2.05) is 19.0 Å². The van der Waals surface area contributed by atoms with E-state index in [0.717, 1.165) is 0 Å². The number of hydrogen-bond acceptors (Lipinski definition) is 5. The number of carbonyl (C=O) groups excluding carboxylic acids is 1. The average Bonchev–Trinajstić information content (AvgIpc) is 2.58. The maximum absolute atomic E-state index is 13.0. The summed E-state index contributed by atoms with van der Waals surface area (Å²) in [5.41, 5.74) is 1.44. The van der Waals surface area contributed by atoms with Crippen molar-refractivity contribution in [3.8, 4) is 0 Å². The lowest BCUT2D eigenvalue weighted by molar-refractivity contribution is -0.143. The zero-order chi connectivity index (χ0) is 19.0. The van der Waals surface area contributed by atoms with Crippen LogP contribution in [0.5, 0.6) is 0 Å². The highest BCUT2D eigenvalue weighted by molar-refractivity contribution is 9.10. The lowest BCUT2D eigenvalue weighted by atomic mass is 10.1. The second-order valence-electron chi connectivity index (χ2n) is 5.91. The molecule has 0 spiro atoms. The van der Waals surface area contributed by atoms with Gasteiger partial charge in [0.05, 0.1) is 28.2 Å². The third-order valence-electron chi connectivity index (χ3n) is 4.00. The molecule has 0 aliphatic carbocycles. The van der Waals surface area contributed by atoms with E-state index < -0.39 is 5.97 Å². The van der Waals surface area contributed by atoms with Crippen molar-refractivity contribution in [1.29, 1.82) is 0 Å². The summed E-state index contributed by atoms with van der Waals surface area (Å²) in [7, 11) is 3.66.